The molecule has 1 N–H and O–H groups in total. The molecule has 1 aromatic carbocycles. The summed E-state index contributed by atoms with van der Waals surface area (Å²) < 4.78 is 12.6. The van der Waals surface area contributed by atoms with Gasteiger partial charge in [-0.2, -0.15) is 0 Å². The van der Waals surface area contributed by atoms with Gasteiger partial charge in [-0.3, -0.25) is 4.40 Å². The lowest BCUT2D eigenvalue weighted by Gasteiger charge is -2.11. The molecule has 6 heteroatoms. The van der Waals surface area contributed by atoms with Gasteiger partial charge in [-0.1, -0.05) is 18.2 Å². The van der Waals surface area contributed by atoms with Gasteiger partial charge in [0.05, 0.1) is 18.4 Å². The van der Waals surface area contributed by atoms with E-state index in [0.29, 0.717) is 28.5 Å². The van der Waals surface area contributed by atoms with Gasteiger partial charge in [-0.05, 0) is 43.3 Å². The summed E-state index contributed by atoms with van der Waals surface area (Å²) in [6, 6.07) is 16.7. The van der Waals surface area contributed by atoms with E-state index in [0.717, 1.165) is 11.4 Å². The van der Waals surface area contributed by atoms with Crippen molar-refractivity contribution in [3.63, 3.8) is 0 Å². The third-order valence-electron chi connectivity index (χ3n) is 4.09. The van der Waals surface area contributed by atoms with Gasteiger partial charge in [0.15, 0.2) is 5.76 Å². The van der Waals surface area contributed by atoms with Crippen LogP contribution in [0.25, 0.3) is 17.1 Å². The molecular weight excluding hydrogens is 330 g/mol. The number of hydrogen-bond acceptors (Lipinski definition) is 5. The third-order valence-corrected chi connectivity index (χ3v) is 4.09. The summed E-state index contributed by atoms with van der Waals surface area (Å²) in [6.07, 6.45) is 1.91. The van der Waals surface area contributed by atoms with Gasteiger partial charge in [-0.15, -0.1) is 0 Å². The number of benzene rings is 1. The molecule has 0 aliphatic carbocycles. The summed E-state index contributed by atoms with van der Waals surface area (Å²) in [7, 11) is 1.37. The zero-order valence-electron chi connectivity index (χ0n) is 14.4. The number of furan rings is 1. The van der Waals surface area contributed by atoms with Crippen LogP contribution in [0.15, 0.2) is 65.2 Å². The molecule has 0 amide bonds. The molecule has 0 aliphatic rings. The van der Waals surface area contributed by atoms with Gasteiger partial charge in [0.1, 0.15) is 22.9 Å². The second-order valence-electron chi connectivity index (χ2n) is 5.81. The Hall–Kier alpha value is -3.54. The molecule has 0 bridgehead atoms. The van der Waals surface area contributed by atoms with Crippen molar-refractivity contribution in [2.24, 2.45) is 0 Å². The minimum absolute atomic E-state index is 0.405. The molecule has 0 fully saturated rings. The molecule has 0 spiro atoms. The molecule has 4 rings (SSSR count). The van der Waals surface area contributed by atoms with Crippen LogP contribution >= 0.6 is 0 Å². The summed E-state index contributed by atoms with van der Waals surface area (Å²) in [6.45, 7) is 1.89. The first-order valence-electron chi connectivity index (χ1n) is 8.15. The second-order valence-corrected chi connectivity index (χ2v) is 5.81. The van der Waals surface area contributed by atoms with Gasteiger partial charge in [-0.25, -0.2) is 9.78 Å². The Morgan fingerprint density at radius 2 is 1.92 bits per heavy atom. The highest BCUT2D eigenvalue weighted by molar-refractivity contribution is 5.97. The molecular formula is C20H17N3O3. The molecule has 0 saturated carbocycles. The average molecular weight is 347 g/mol. The lowest BCUT2D eigenvalue weighted by atomic mass is 10.1. The smallest absolute Gasteiger partial charge is 0.339 e. The van der Waals surface area contributed by atoms with Crippen LogP contribution in [0, 0.1) is 6.92 Å². The maximum atomic E-state index is 12.1. The molecule has 6 nitrogen and oxygen atoms in total. The number of carbonyl (C=O) groups excluding carboxylic acids is 1. The van der Waals surface area contributed by atoms with Crippen molar-refractivity contribution < 1.29 is 13.9 Å². The number of esters is 1. The van der Waals surface area contributed by atoms with Crippen LogP contribution in [0.3, 0.4) is 0 Å². The van der Waals surface area contributed by atoms with E-state index in [2.05, 4.69) is 10.3 Å². The van der Waals surface area contributed by atoms with Crippen LogP contribution < -0.4 is 5.32 Å². The Morgan fingerprint density at radius 3 is 2.69 bits per heavy atom. The number of pyridine rings is 1. The number of ether oxygens (including phenoxy) is 1. The van der Waals surface area contributed by atoms with Gasteiger partial charge in [0, 0.05) is 6.20 Å². The van der Waals surface area contributed by atoms with Crippen LogP contribution in [0.1, 0.15) is 16.1 Å². The highest BCUT2D eigenvalue weighted by Gasteiger charge is 2.19. The van der Waals surface area contributed by atoms with Gasteiger partial charge in [0.2, 0.25) is 0 Å². The molecule has 0 saturated heterocycles. The summed E-state index contributed by atoms with van der Waals surface area (Å²) in [5, 5.41) is 3.33. The number of nitrogens with one attached hydrogen (secondary N) is 1. The second kappa shape index (κ2) is 6.40. The lowest BCUT2D eigenvalue weighted by Crippen LogP contribution is -2.06. The maximum absolute atomic E-state index is 12.1. The molecule has 0 aliphatic heterocycles. The number of rotatable bonds is 4. The number of aryl methyl sites for hydroxylation is 1. The first kappa shape index (κ1) is 16.0. The summed E-state index contributed by atoms with van der Waals surface area (Å²) in [5.41, 5.74) is 2.52. The molecule has 130 valence electrons. The van der Waals surface area contributed by atoms with Crippen LogP contribution in [-0.2, 0) is 4.74 Å². The number of methoxy groups -OCH3 is 1. The lowest BCUT2D eigenvalue weighted by molar-refractivity contribution is 0.0602. The molecule has 3 aromatic heterocycles. The molecule has 0 unspecified atom stereocenters. The van der Waals surface area contributed by atoms with Crippen molar-refractivity contribution in [1.82, 2.24) is 9.38 Å². The Balaban J connectivity index is 1.88. The Bertz CT molecular complexity index is 1090. The van der Waals surface area contributed by atoms with Crippen molar-refractivity contribution in [3.05, 3.63) is 72.1 Å². The Kier molecular flexibility index (Phi) is 3.93. The molecule has 3 heterocycles. The largest absolute Gasteiger partial charge is 0.465 e. The maximum Gasteiger partial charge on any atom is 0.339 e. The number of hydrogen-bond donors (Lipinski definition) is 1. The van der Waals surface area contributed by atoms with E-state index in [1.807, 2.05) is 60.0 Å². The fourth-order valence-electron chi connectivity index (χ4n) is 2.86. The summed E-state index contributed by atoms with van der Waals surface area (Å²) >= 11 is 0. The number of aromatic nitrogens is 2. The number of carbonyl (C=O) groups is 1. The molecule has 26 heavy (non-hydrogen) atoms. The van der Waals surface area contributed by atoms with Crippen molar-refractivity contribution in [2.75, 3.05) is 12.4 Å². The third kappa shape index (κ3) is 2.71. The van der Waals surface area contributed by atoms with Crippen LogP contribution in [0.2, 0.25) is 0 Å². The summed E-state index contributed by atoms with van der Waals surface area (Å²) in [5.74, 6) is 1.77. The number of nitrogens with zero attached hydrogens (tertiary/aromatic N) is 2. The average Bonchev–Trinajstić information content (AvgIpc) is 3.25. The van der Waals surface area contributed by atoms with Gasteiger partial charge < -0.3 is 14.5 Å². The SMILES string of the molecule is COC(=O)c1ccccc1Nc1c(-c2ccc(C)o2)nc2ccccn12. The predicted octanol–water partition coefficient (Wildman–Crippen LogP) is 4.43. The van der Waals surface area contributed by atoms with Crippen molar-refractivity contribution in [1.29, 1.82) is 0 Å². The molecule has 0 atom stereocenters. The van der Waals surface area contributed by atoms with Crippen molar-refractivity contribution >= 4 is 23.1 Å². The topological polar surface area (TPSA) is 68.8 Å². The van der Waals surface area contributed by atoms with Gasteiger partial charge in [0.25, 0.3) is 0 Å². The zero-order chi connectivity index (χ0) is 18.1. The summed E-state index contributed by atoms with van der Waals surface area (Å²) in [4.78, 5) is 16.8. The van der Waals surface area contributed by atoms with Crippen molar-refractivity contribution in [3.8, 4) is 11.5 Å². The number of para-hydroxylation sites is 1. The monoisotopic (exact) mass is 347 g/mol. The van der Waals surface area contributed by atoms with Gasteiger partial charge >= 0.3 is 5.97 Å². The standard InChI is InChI=1S/C20H17N3O3/c1-13-10-11-16(26-13)18-19(23-12-6-5-9-17(23)22-18)21-15-8-4-3-7-14(15)20(24)25-2/h3-12,21H,1-2H3. The highest BCUT2D eigenvalue weighted by atomic mass is 16.5. The van der Waals surface area contributed by atoms with E-state index in [4.69, 9.17) is 9.15 Å². The van der Waals surface area contributed by atoms with Crippen molar-refractivity contribution in [2.45, 2.75) is 6.92 Å². The minimum atomic E-state index is -0.405. The van der Waals surface area contributed by atoms with E-state index < -0.39 is 5.97 Å². The van der Waals surface area contributed by atoms with E-state index in [1.165, 1.54) is 7.11 Å². The van der Waals surface area contributed by atoms with E-state index in [-0.39, 0.29) is 0 Å². The molecule has 0 radical (unpaired) electrons. The van der Waals surface area contributed by atoms with Crippen LogP contribution in [-0.4, -0.2) is 22.5 Å². The zero-order valence-corrected chi connectivity index (χ0v) is 14.4. The van der Waals surface area contributed by atoms with E-state index in [1.54, 1.807) is 12.1 Å². The first-order chi connectivity index (χ1) is 12.7. The van der Waals surface area contributed by atoms with Crippen LogP contribution in [0.5, 0.6) is 0 Å². The normalized spacial score (nSPS) is 10.8. The number of imidazole rings is 1. The Morgan fingerprint density at radius 1 is 1.12 bits per heavy atom. The first-order valence-corrected chi connectivity index (χ1v) is 8.15. The number of fused-ring (bicyclic) bond motifs is 1. The van der Waals surface area contributed by atoms with E-state index >= 15 is 0 Å². The van der Waals surface area contributed by atoms with E-state index in [9.17, 15) is 4.79 Å². The Labute approximate surface area is 150 Å². The minimum Gasteiger partial charge on any atom is -0.465 e. The number of anilines is 2. The fraction of sp³-hybridized carbons (Fsp3) is 0.100. The highest BCUT2D eigenvalue weighted by Crippen LogP contribution is 2.33. The van der Waals surface area contributed by atoms with Crippen LogP contribution in [0.4, 0.5) is 11.5 Å². The quantitative estimate of drug-likeness (QED) is 0.553. The molecule has 4 aromatic rings. The predicted molar refractivity (Wildman–Crippen MR) is 98.7 cm³/mol. The fourth-order valence-corrected chi connectivity index (χ4v) is 2.86.